The topological polar surface area (TPSA) is 85.3 Å². The molecule has 0 bridgehead atoms. The van der Waals surface area contributed by atoms with Gasteiger partial charge in [-0.15, -0.1) is 0 Å². The lowest BCUT2D eigenvalue weighted by Gasteiger charge is -2.20. The maximum absolute atomic E-state index is 14.6. The second-order valence-corrected chi connectivity index (χ2v) is 6.81. The number of hydrogen-bond donors (Lipinski definition) is 2. The lowest BCUT2D eigenvalue weighted by Crippen LogP contribution is -2.25. The van der Waals surface area contributed by atoms with E-state index in [9.17, 15) is 23.5 Å². The van der Waals surface area contributed by atoms with Crippen LogP contribution in [0.15, 0.2) is 17.1 Å². The molecule has 2 atom stereocenters. The van der Waals surface area contributed by atoms with Crippen molar-refractivity contribution in [3.63, 3.8) is 0 Å². The molecule has 7 heteroatoms. The Bertz CT molecular complexity index is 963. The zero-order valence-corrected chi connectivity index (χ0v) is 13.0. The molecule has 1 aromatic carbocycles. The number of carbonyl (C=O) groups is 1. The summed E-state index contributed by atoms with van der Waals surface area (Å²) in [6, 6.07) is 0.516. The summed E-state index contributed by atoms with van der Waals surface area (Å²) < 4.78 is 29.7. The van der Waals surface area contributed by atoms with Gasteiger partial charge in [-0.1, -0.05) is 0 Å². The zero-order chi connectivity index (χ0) is 17.4. The normalized spacial score (nSPS) is 24.2. The first-order valence-corrected chi connectivity index (χ1v) is 7.79. The highest BCUT2D eigenvalue weighted by atomic mass is 19.1. The maximum atomic E-state index is 14.6. The van der Waals surface area contributed by atoms with E-state index in [0.717, 1.165) is 6.07 Å². The number of carboxylic acids is 1. The van der Waals surface area contributed by atoms with Crippen molar-refractivity contribution in [2.24, 2.45) is 5.73 Å². The third-order valence-electron chi connectivity index (χ3n) is 5.07. The van der Waals surface area contributed by atoms with Gasteiger partial charge in [0.25, 0.3) is 0 Å². The Labute approximate surface area is 135 Å². The summed E-state index contributed by atoms with van der Waals surface area (Å²) in [4.78, 5) is 23.8. The van der Waals surface area contributed by atoms with Gasteiger partial charge in [-0.3, -0.25) is 4.79 Å². The number of fused-ring (bicyclic) bond motifs is 1. The summed E-state index contributed by atoms with van der Waals surface area (Å²) in [5, 5.41) is 9.18. The van der Waals surface area contributed by atoms with Gasteiger partial charge in [-0.25, -0.2) is 13.6 Å². The molecule has 0 aliphatic heterocycles. The molecule has 4 rings (SSSR count). The number of pyridine rings is 1. The minimum absolute atomic E-state index is 0.0444. The first kappa shape index (κ1) is 15.3. The van der Waals surface area contributed by atoms with Crippen LogP contribution in [0.4, 0.5) is 8.78 Å². The highest BCUT2D eigenvalue weighted by Crippen LogP contribution is 2.47. The van der Waals surface area contributed by atoms with Gasteiger partial charge in [0.2, 0.25) is 5.43 Å². The molecule has 5 nitrogen and oxygen atoms in total. The molecular weight excluding hydrogens is 318 g/mol. The van der Waals surface area contributed by atoms with Gasteiger partial charge in [0.15, 0.2) is 0 Å². The molecule has 3 N–H and O–H groups in total. The molecule has 0 unspecified atom stereocenters. The van der Waals surface area contributed by atoms with Crippen LogP contribution in [-0.2, 0) is 5.54 Å². The van der Waals surface area contributed by atoms with Crippen LogP contribution in [0.25, 0.3) is 10.9 Å². The van der Waals surface area contributed by atoms with Gasteiger partial charge in [-0.05, 0) is 31.4 Å². The fraction of sp³-hybridized carbons (Fsp3) is 0.412. The number of alkyl halides is 1. The van der Waals surface area contributed by atoms with Crippen LogP contribution < -0.4 is 11.2 Å². The van der Waals surface area contributed by atoms with E-state index in [2.05, 4.69) is 0 Å². The number of carboxylic acid groups (broad SMARTS) is 1. The van der Waals surface area contributed by atoms with Crippen molar-refractivity contribution >= 4 is 16.9 Å². The van der Waals surface area contributed by atoms with E-state index in [1.54, 1.807) is 6.92 Å². The predicted molar refractivity (Wildman–Crippen MR) is 83.5 cm³/mol. The Balaban J connectivity index is 2.13. The standard InChI is InChI=1S/C17H16F2N2O3/c1-7-13(17(20)2-3-17)11(19)4-8-14(7)21(12-5-10(12)18)6-9(15(8)22)16(23)24/h4,6,10,12H,2-3,5,20H2,1H3,(H,23,24)/t10-,12+/m1/s1. The van der Waals surface area contributed by atoms with Crippen molar-refractivity contribution in [3.05, 3.63) is 45.0 Å². The van der Waals surface area contributed by atoms with Gasteiger partial charge < -0.3 is 15.4 Å². The maximum Gasteiger partial charge on any atom is 0.341 e. The summed E-state index contributed by atoms with van der Waals surface area (Å²) in [5.41, 5.74) is 5.34. The van der Waals surface area contributed by atoms with E-state index >= 15 is 0 Å². The van der Waals surface area contributed by atoms with E-state index < -0.39 is 40.5 Å². The minimum Gasteiger partial charge on any atom is -0.477 e. The molecule has 2 aliphatic rings. The molecule has 1 aromatic heterocycles. The molecular formula is C17H16F2N2O3. The molecule has 0 radical (unpaired) electrons. The molecule has 126 valence electrons. The molecule has 0 spiro atoms. The Kier molecular flexibility index (Phi) is 2.94. The van der Waals surface area contributed by atoms with Crippen molar-refractivity contribution in [2.45, 2.75) is 43.9 Å². The molecule has 1 heterocycles. The first-order chi connectivity index (χ1) is 11.2. The number of aryl methyl sites for hydroxylation is 1. The second kappa shape index (κ2) is 4.63. The molecule has 0 saturated heterocycles. The van der Waals surface area contributed by atoms with E-state index in [-0.39, 0.29) is 11.8 Å². The lowest BCUT2D eigenvalue weighted by molar-refractivity contribution is 0.0694. The van der Waals surface area contributed by atoms with Crippen LogP contribution in [0.2, 0.25) is 0 Å². The molecule has 2 fully saturated rings. The van der Waals surface area contributed by atoms with Crippen molar-refractivity contribution in [2.75, 3.05) is 0 Å². The number of aromatic carboxylic acids is 1. The summed E-state index contributed by atoms with van der Waals surface area (Å²) in [7, 11) is 0. The lowest BCUT2D eigenvalue weighted by atomic mass is 9.95. The van der Waals surface area contributed by atoms with Crippen molar-refractivity contribution < 1.29 is 18.7 Å². The summed E-state index contributed by atoms with van der Waals surface area (Å²) in [6.45, 7) is 1.65. The third-order valence-corrected chi connectivity index (χ3v) is 5.07. The largest absolute Gasteiger partial charge is 0.477 e. The Morgan fingerprint density at radius 1 is 1.46 bits per heavy atom. The van der Waals surface area contributed by atoms with Crippen LogP contribution >= 0.6 is 0 Å². The Hall–Kier alpha value is -2.28. The van der Waals surface area contributed by atoms with Gasteiger partial charge in [0, 0.05) is 29.1 Å². The smallest absolute Gasteiger partial charge is 0.341 e. The number of hydrogen-bond acceptors (Lipinski definition) is 3. The number of benzene rings is 1. The number of halogens is 2. The van der Waals surface area contributed by atoms with Gasteiger partial charge in [0.05, 0.1) is 11.6 Å². The third kappa shape index (κ3) is 2.00. The van der Waals surface area contributed by atoms with Gasteiger partial charge in [-0.2, -0.15) is 0 Å². The monoisotopic (exact) mass is 334 g/mol. The van der Waals surface area contributed by atoms with Crippen molar-refractivity contribution in [1.82, 2.24) is 4.57 Å². The number of aromatic nitrogens is 1. The van der Waals surface area contributed by atoms with Crippen LogP contribution in [0.5, 0.6) is 0 Å². The average Bonchev–Trinajstić information content (AvgIpc) is 3.39. The molecule has 2 aromatic rings. The van der Waals surface area contributed by atoms with Crippen LogP contribution in [-0.4, -0.2) is 21.8 Å². The summed E-state index contributed by atoms with van der Waals surface area (Å²) in [6.07, 6.45) is 1.60. The van der Waals surface area contributed by atoms with E-state index in [1.807, 2.05) is 0 Å². The SMILES string of the molecule is Cc1c(C2(N)CC2)c(F)cc2c(=O)c(C(=O)O)cn([C@H]3C[C@H]3F)c12. The first-order valence-electron chi connectivity index (χ1n) is 7.79. The van der Waals surface area contributed by atoms with E-state index in [0.29, 0.717) is 29.5 Å². The van der Waals surface area contributed by atoms with Gasteiger partial charge >= 0.3 is 5.97 Å². The molecule has 0 amide bonds. The van der Waals surface area contributed by atoms with Crippen LogP contribution in [0.3, 0.4) is 0 Å². The zero-order valence-electron chi connectivity index (χ0n) is 13.0. The molecule has 2 aliphatic carbocycles. The number of rotatable bonds is 3. The van der Waals surface area contributed by atoms with Crippen LogP contribution in [0.1, 0.15) is 46.8 Å². The average molecular weight is 334 g/mol. The predicted octanol–water partition coefficient (Wildman–Crippen LogP) is 2.38. The van der Waals surface area contributed by atoms with Crippen molar-refractivity contribution in [3.8, 4) is 0 Å². The highest BCUT2D eigenvalue weighted by molar-refractivity contribution is 5.94. The van der Waals surface area contributed by atoms with Crippen LogP contribution in [0, 0.1) is 12.7 Å². The Morgan fingerprint density at radius 3 is 2.58 bits per heavy atom. The van der Waals surface area contributed by atoms with E-state index in [1.165, 1.54) is 10.8 Å². The highest BCUT2D eigenvalue weighted by Gasteiger charge is 2.45. The fourth-order valence-electron chi connectivity index (χ4n) is 3.53. The van der Waals surface area contributed by atoms with Gasteiger partial charge in [0.1, 0.15) is 17.6 Å². The minimum atomic E-state index is -1.41. The molecule has 24 heavy (non-hydrogen) atoms. The second-order valence-electron chi connectivity index (χ2n) is 6.81. The van der Waals surface area contributed by atoms with E-state index in [4.69, 9.17) is 5.73 Å². The number of nitrogens with two attached hydrogens (primary N) is 1. The quantitative estimate of drug-likeness (QED) is 0.902. The molecule has 2 saturated carbocycles. The Morgan fingerprint density at radius 2 is 2.08 bits per heavy atom. The fourth-order valence-corrected chi connectivity index (χ4v) is 3.53. The number of nitrogens with zero attached hydrogens (tertiary/aromatic N) is 1. The summed E-state index contributed by atoms with van der Waals surface area (Å²) in [5.74, 6) is -2.02. The summed E-state index contributed by atoms with van der Waals surface area (Å²) >= 11 is 0. The van der Waals surface area contributed by atoms with Crippen molar-refractivity contribution in [1.29, 1.82) is 0 Å².